The maximum atomic E-state index is 11.9. The Balaban J connectivity index is 1.81. The number of carbonyl (C=O) groups excluding carboxylic acids is 1. The van der Waals surface area contributed by atoms with Crippen molar-refractivity contribution in [2.45, 2.75) is 19.0 Å². The van der Waals surface area contributed by atoms with Crippen molar-refractivity contribution in [3.63, 3.8) is 0 Å². The molecule has 1 heterocycles. The van der Waals surface area contributed by atoms with Gasteiger partial charge in [0.25, 0.3) is 0 Å². The van der Waals surface area contributed by atoms with Crippen LogP contribution in [-0.2, 0) is 16.1 Å². The van der Waals surface area contributed by atoms with Crippen LogP contribution < -0.4 is 15.4 Å². The highest BCUT2D eigenvalue weighted by molar-refractivity contribution is 5.76. The lowest BCUT2D eigenvalue weighted by atomic mass is 10.1. The van der Waals surface area contributed by atoms with E-state index >= 15 is 0 Å². The van der Waals surface area contributed by atoms with Crippen molar-refractivity contribution in [1.82, 2.24) is 10.6 Å². The van der Waals surface area contributed by atoms with E-state index in [1.54, 1.807) is 6.08 Å². The average Bonchev–Trinajstić information content (AvgIpc) is 2.52. The molecule has 1 fully saturated rings. The highest BCUT2D eigenvalue weighted by Gasteiger charge is 2.16. The number of morpholine rings is 1. The van der Waals surface area contributed by atoms with Crippen molar-refractivity contribution in [3.8, 4) is 5.75 Å². The molecule has 21 heavy (non-hydrogen) atoms. The van der Waals surface area contributed by atoms with Crippen LogP contribution in [0.1, 0.15) is 12.0 Å². The first-order chi connectivity index (χ1) is 10.3. The molecular weight excluding hydrogens is 268 g/mol. The molecule has 5 heteroatoms. The lowest BCUT2D eigenvalue weighted by Crippen LogP contribution is -2.44. The average molecular weight is 290 g/mol. The maximum absolute atomic E-state index is 11.9. The molecule has 1 unspecified atom stereocenters. The fourth-order valence-corrected chi connectivity index (χ4v) is 2.18. The first kappa shape index (κ1) is 15.5. The summed E-state index contributed by atoms with van der Waals surface area (Å²) in [6.07, 6.45) is 2.12. The molecule has 0 bridgehead atoms. The fraction of sp³-hybridized carbons (Fsp3) is 0.438. The normalized spacial score (nSPS) is 18.0. The quantitative estimate of drug-likeness (QED) is 0.742. The molecule has 1 amide bonds. The smallest absolute Gasteiger partial charge is 0.221 e. The van der Waals surface area contributed by atoms with Crippen LogP contribution >= 0.6 is 0 Å². The lowest BCUT2D eigenvalue weighted by molar-refractivity contribution is -0.122. The summed E-state index contributed by atoms with van der Waals surface area (Å²) in [5, 5.41) is 6.19. The Morgan fingerprint density at radius 3 is 3.14 bits per heavy atom. The van der Waals surface area contributed by atoms with Gasteiger partial charge in [-0.1, -0.05) is 30.9 Å². The number of para-hydroxylation sites is 1. The summed E-state index contributed by atoms with van der Waals surface area (Å²) in [6, 6.07) is 7.78. The van der Waals surface area contributed by atoms with E-state index in [1.807, 2.05) is 24.3 Å². The molecule has 0 saturated carbocycles. The first-order valence-corrected chi connectivity index (χ1v) is 7.19. The Morgan fingerprint density at radius 2 is 2.38 bits per heavy atom. The topological polar surface area (TPSA) is 59.6 Å². The van der Waals surface area contributed by atoms with Gasteiger partial charge >= 0.3 is 0 Å². The summed E-state index contributed by atoms with van der Waals surface area (Å²) in [5.41, 5.74) is 0.959. The van der Waals surface area contributed by atoms with Crippen molar-refractivity contribution >= 4 is 5.91 Å². The van der Waals surface area contributed by atoms with E-state index < -0.39 is 0 Å². The van der Waals surface area contributed by atoms with E-state index in [0.717, 1.165) is 17.9 Å². The molecule has 1 aliphatic rings. The second-order valence-corrected chi connectivity index (χ2v) is 4.91. The predicted octanol–water partition coefficient (Wildman–Crippen LogP) is 1.25. The summed E-state index contributed by atoms with van der Waals surface area (Å²) in [4.78, 5) is 11.9. The van der Waals surface area contributed by atoms with Crippen LogP contribution in [0.2, 0.25) is 0 Å². The van der Waals surface area contributed by atoms with E-state index in [9.17, 15) is 4.79 Å². The van der Waals surface area contributed by atoms with Crippen LogP contribution in [0.4, 0.5) is 0 Å². The molecule has 1 aromatic carbocycles. The van der Waals surface area contributed by atoms with Crippen molar-refractivity contribution in [2.75, 3.05) is 26.4 Å². The molecule has 1 aliphatic heterocycles. The highest BCUT2D eigenvalue weighted by Crippen LogP contribution is 2.17. The molecule has 0 aromatic heterocycles. The molecule has 1 aromatic rings. The Morgan fingerprint density at radius 1 is 1.52 bits per heavy atom. The summed E-state index contributed by atoms with van der Waals surface area (Å²) >= 11 is 0. The molecule has 1 atom stereocenters. The number of amides is 1. The van der Waals surface area contributed by atoms with E-state index in [-0.39, 0.29) is 11.9 Å². The summed E-state index contributed by atoms with van der Waals surface area (Å²) < 4.78 is 10.9. The Bertz CT molecular complexity index is 470. The Kier molecular flexibility index (Phi) is 6.24. The molecule has 2 N–H and O–H groups in total. The van der Waals surface area contributed by atoms with Gasteiger partial charge in [0, 0.05) is 31.1 Å². The summed E-state index contributed by atoms with van der Waals surface area (Å²) in [5.74, 6) is 0.786. The number of rotatable bonds is 7. The lowest BCUT2D eigenvalue weighted by Gasteiger charge is -2.23. The van der Waals surface area contributed by atoms with Crippen LogP contribution in [0.3, 0.4) is 0 Å². The van der Waals surface area contributed by atoms with Crippen LogP contribution in [0.15, 0.2) is 36.9 Å². The van der Waals surface area contributed by atoms with Gasteiger partial charge in [-0.05, 0) is 6.07 Å². The molecule has 0 spiro atoms. The summed E-state index contributed by atoms with van der Waals surface area (Å²) in [6.45, 7) is 6.65. The molecule has 2 rings (SSSR count). The largest absolute Gasteiger partial charge is 0.489 e. The fourth-order valence-electron chi connectivity index (χ4n) is 2.18. The van der Waals surface area contributed by atoms with Crippen LogP contribution in [0, 0.1) is 0 Å². The second-order valence-electron chi connectivity index (χ2n) is 4.91. The van der Waals surface area contributed by atoms with Crippen molar-refractivity contribution in [2.24, 2.45) is 0 Å². The molecule has 0 aliphatic carbocycles. The van der Waals surface area contributed by atoms with Gasteiger partial charge in [-0.25, -0.2) is 0 Å². The summed E-state index contributed by atoms with van der Waals surface area (Å²) in [7, 11) is 0. The number of carbonyl (C=O) groups is 1. The van der Waals surface area contributed by atoms with Crippen LogP contribution in [-0.4, -0.2) is 38.3 Å². The van der Waals surface area contributed by atoms with Gasteiger partial charge in [0.15, 0.2) is 0 Å². The van der Waals surface area contributed by atoms with Crippen molar-refractivity contribution in [1.29, 1.82) is 0 Å². The zero-order valence-corrected chi connectivity index (χ0v) is 12.1. The van der Waals surface area contributed by atoms with Crippen LogP contribution in [0.5, 0.6) is 5.75 Å². The molecule has 5 nitrogen and oxygen atoms in total. The standard InChI is InChI=1S/C16H22N2O3/c1-2-8-21-15-6-4-3-5-13(15)11-18-16(19)10-14-12-20-9-7-17-14/h2-6,14,17H,1,7-12H2,(H,18,19). The Hall–Kier alpha value is -1.85. The van der Waals surface area contributed by atoms with Crippen molar-refractivity contribution in [3.05, 3.63) is 42.5 Å². The second kappa shape index (κ2) is 8.44. The van der Waals surface area contributed by atoms with Gasteiger partial charge in [-0.15, -0.1) is 0 Å². The monoisotopic (exact) mass is 290 g/mol. The zero-order chi connectivity index (χ0) is 14.9. The molecule has 114 valence electrons. The SMILES string of the molecule is C=CCOc1ccccc1CNC(=O)CC1COCCN1. The molecule has 0 radical (unpaired) electrons. The third-order valence-electron chi connectivity index (χ3n) is 3.24. The maximum Gasteiger partial charge on any atom is 0.221 e. The third kappa shape index (κ3) is 5.21. The van der Waals surface area contributed by atoms with E-state index in [1.165, 1.54) is 0 Å². The molecule has 1 saturated heterocycles. The van der Waals surface area contributed by atoms with Crippen molar-refractivity contribution < 1.29 is 14.3 Å². The number of ether oxygens (including phenoxy) is 2. The minimum atomic E-state index is 0.0107. The van der Waals surface area contributed by atoms with E-state index in [2.05, 4.69) is 17.2 Å². The van der Waals surface area contributed by atoms with Gasteiger partial charge in [0.05, 0.1) is 13.2 Å². The minimum Gasteiger partial charge on any atom is -0.489 e. The number of hydrogen-bond acceptors (Lipinski definition) is 4. The van der Waals surface area contributed by atoms with E-state index in [4.69, 9.17) is 9.47 Å². The first-order valence-electron chi connectivity index (χ1n) is 7.19. The zero-order valence-electron chi connectivity index (χ0n) is 12.1. The van der Waals surface area contributed by atoms with E-state index in [0.29, 0.717) is 32.8 Å². The number of nitrogens with one attached hydrogen (secondary N) is 2. The van der Waals surface area contributed by atoms with Gasteiger partial charge in [-0.3, -0.25) is 4.79 Å². The highest BCUT2D eigenvalue weighted by atomic mass is 16.5. The Labute approximate surface area is 125 Å². The minimum absolute atomic E-state index is 0.0107. The van der Waals surface area contributed by atoms with Gasteiger partial charge in [0.1, 0.15) is 12.4 Å². The molecular formula is C16H22N2O3. The third-order valence-corrected chi connectivity index (χ3v) is 3.24. The predicted molar refractivity (Wildman–Crippen MR) is 81.2 cm³/mol. The van der Waals surface area contributed by atoms with Gasteiger partial charge in [-0.2, -0.15) is 0 Å². The van der Waals surface area contributed by atoms with Crippen LogP contribution in [0.25, 0.3) is 0 Å². The number of benzene rings is 1. The van der Waals surface area contributed by atoms with Gasteiger partial charge < -0.3 is 20.1 Å². The number of hydrogen-bond donors (Lipinski definition) is 2. The van der Waals surface area contributed by atoms with Gasteiger partial charge in [0.2, 0.25) is 5.91 Å².